The monoisotopic (exact) mass is 359 g/mol. The number of nitrogens with one attached hydrogen (secondary N) is 1. The van der Waals surface area contributed by atoms with Crippen LogP contribution in [0.25, 0.3) is 11.4 Å². The third kappa shape index (κ3) is 3.15. The van der Waals surface area contributed by atoms with Crippen molar-refractivity contribution in [1.29, 1.82) is 0 Å². The van der Waals surface area contributed by atoms with Gasteiger partial charge in [0.05, 0.1) is 24.5 Å². The van der Waals surface area contributed by atoms with Crippen molar-refractivity contribution >= 4 is 23.3 Å². The first-order chi connectivity index (χ1) is 13.1. The summed E-state index contributed by atoms with van der Waals surface area (Å²) in [5.41, 5.74) is 0.285. The summed E-state index contributed by atoms with van der Waals surface area (Å²) in [4.78, 5) is 39.3. The smallest absolute Gasteiger partial charge is 0.250 e. The number of hydrogen-bond donors (Lipinski definition) is 1. The third-order valence-electron chi connectivity index (χ3n) is 4.54. The topological polar surface area (TPSA) is 87.5 Å². The number of hydrogen-bond acceptors (Lipinski definition) is 5. The molecule has 1 atom stereocenters. The first kappa shape index (κ1) is 16.8. The van der Waals surface area contributed by atoms with Gasteiger partial charge in [0.1, 0.15) is 11.4 Å². The Hall–Kier alpha value is -3.61. The maximum atomic E-state index is 13.0. The van der Waals surface area contributed by atoms with Crippen LogP contribution < -0.4 is 5.32 Å². The molecule has 2 amide bonds. The van der Waals surface area contributed by atoms with E-state index in [1.807, 2.05) is 30.3 Å². The van der Waals surface area contributed by atoms with Crippen molar-refractivity contribution < 1.29 is 9.59 Å². The minimum atomic E-state index is -1.08. The largest absolute Gasteiger partial charge is 0.321 e. The highest BCUT2D eigenvalue weighted by Gasteiger charge is 2.45. The van der Waals surface area contributed by atoms with Crippen molar-refractivity contribution in [2.45, 2.75) is 18.9 Å². The molecule has 7 nitrogen and oxygen atoms in total. The number of carbonyl (C=O) groups is 2. The molecule has 7 heteroatoms. The Morgan fingerprint density at radius 2 is 1.89 bits per heavy atom. The average molecular weight is 359 g/mol. The maximum absolute atomic E-state index is 13.0. The van der Waals surface area contributed by atoms with Crippen molar-refractivity contribution in [3.63, 3.8) is 0 Å². The van der Waals surface area contributed by atoms with Gasteiger partial charge in [0.2, 0.25) is 0 Å². The zero-order chi connectivity index (χ0) is 18.9. The van der Waals surface area contributed by atoms with E-state index in [1.54, 1.807) is 48.6 Å². The van der Waals surface area contributed by atoms with Gasteiger partial charge in [0.25, 0.3) is 11.8 Å². The Morgan fingerprint density at radius 3 is 2.63 bits per heavy atom. The Kier molecular flexibility index (Phi) is 4.12. The molecule has 0 radical (unpaired) electrons. The van der Waals surface area contributed by atoms with E-state index in [4.69, 9.17) is 0 Å². The summed E-state index contributed by atoms with van der Waals surface area (Å²) in [5, 5.41) is 2.81. The van der Waals surface area contributed by atoms with Crippen LogP contribution in [0.3, 0.4) is 0 Å². The van der Waals surface area contributed by atoms with Gasteiger partial charge in [-0.15, -0.1) is 0 Å². The summed E-state index contributed by atoms with van der Waals surface area (Å²) >= 11 is 0. The molecule has 0 spiro atoms. The van der Waals surface area contributed by atoms with Crippen molar-refractivity contribution in [1.82, 2.24) is 14.9 Å². The maximum Gasteiger partial charge on any atom is 0.250 e. The molecule has 1 aromatic carbocycles. The summed E-state index contributed by atoms with van der Waals surface area (Å²) in [6.07, 6.45) is 10.1. The molecule has 1 N–H and O–H groups in total. The Balaban J connectivity index is 1.55. The van der Waals surface area contributed by atoms with E-state index in [1.165, 1.54) is 0 Å². The van der Waals surface area contributed by atoms with Gasteiger partial charge in [0, 0.05) is 11.8 Å². The second-order valence-electron chi connectivity index (χ2n) is 6.50. The average Bonchev–Trinajstić information content (AvgIpc) is 2.69. The van der Waals surface area contributed by atoms with Crippen molar-refractivity contribution in [3.8, 4) is 11.4 Å². The lowest BCUT2D eigenvalue weighted by Gasteiger charge is -2.41. The number of aliphatic imine (C=N–C) groups is 1. The van der Waals surface area contributed by atoms with E-state index in [0.717, 1.165) is 5.56 Å². The normalized spacial score (nSPS) is 20.9. The number of fused-ring (bicyclic) bond motifs is 1. The standard InChI is InChI=1S/C20H17N5O2/c1-20(11-17(26)24-16-9-5-6-10-25(16)20)19(27)23-15-12-21-18(22-13-15)14-7-3-2-4-8-14/h2-10,12-13H,11H2,1H3,(H,23,27)/t20-/m0/s1. The summed E-state index contributed by atoms with van der Waals surface area (Å²) in [7, 11) is 0. The molecule has 27 heavy (non-hydrogen) atoms. The van der Waals surface area contributed by atoms with E-state index < -0.39 is 5.54 Å². The van der Waals surface area contributed by atoms with Gasteiger partial charge < -0.3 is 10.2 Å². The number of carbonyl (C=O) groups excluding carboxylic acids is 2. The quantitative estimate of drug-likeness (QED) is 0.910. The van der Waals surface area contributed by atoms with E-state index in [0.29, 0.717) is 17.3 Å². The minimum Gasteiger partial charge on any atom is -0.321 e. The van der Waals surface area contributed by atoms with Crippen LogP contribution in [0, 0.1) is 0 Å². The van der Waals surface area contributed by atoms with Crippen molar-refractivity contribution in [2.75, 3.05) is 5.32 Å². The predicted octanol–water partition coefficient (Wildman–Crippen LogP) is 2.56. The van der Waals surface area contributed by atoms with Crippen LogP contribution in [-0.4, -0.2) is 38.1 Å². The Bertz CT molecular complexity index is 979. The number of amidine groups is 1. The SMILES string of the molecule is C[C@@]1(C(=O)Nc2cnc(-c3ccccc3)nc2)CC(=O)N=C2C=CC=CN21. The Morgan fingerprint density at radius 1 is 1.15 bits per heavy atom. The zero-order valence-corrected chi connectivity index (χ0v) is 14.7. The number of nitrogens with zero attached hydrogens (tertiary/aromatic N) is 4. The van der Waals surface area contributed by atoms with E-state index in [-0.39, 0.29) is 18.2 Å². The lowest BCUT2D eigenvalue weighted by molar-refractivity contribution is -0.130. The van der Waals surface area contributed by atoms with E-state index >= 15 is 0 Å². The van der Waals surface area contributed by atoms with Crippen LogP contribution in [0.1, 0.15) is 13.3 Å². The molecule has 0 saturated carbocycles. The van der Waals surface area contributed by atoms with Gasteiger partial charge >= 0.3 is 0 Å². The van der Waals surface area contributed by atoms with E-state index in [2.05, 4.69) is 20.3 Å². The van der Waals surface area contributed by atoms with Gasteiger partial charge in [-0.2, -0.15) is 4.99 Å². The lowest BCUT2D eigenvalue weighted by atomic mass is 9.91. The predicted molar refractivity (Wildman–Crippen MR) is 102 cm³/mol. The van der Waals surface area contributed by atoms with Crippen LogP contribution >= 0.6 is 0 Å². The molecule has 0 unspecified atom stereocenters. The number of aromatic nitrogens is 2. The Labute approximate surface area is 156 Å². The van der Waals surface area contributed by atoms with Crippen LogP contribution in [0.4, 0.5) is 5.69 Å². The molecule has 2 aliphatic rings. The number of rotatable bonds is 3. The number of anilines is 1. The molecule has 2 aromatic rings. The minimum absolute atomic E-state index is 0.0104. The third-order valence-corrected chi connectivity index (χ3v) is 4.54. The first-order valence-electron chi connectivity index (χ1n) is 8.51. The fourth-order valence-electron chi connectivity index (χ4n) is 3.07. The van der Waals surface area contributed by atoms with Crippen LogP contribution in [0.2, 0.25) is 0 Å². The number of benzene rings is 1. The molecule has 0 saturated heterocycles. The van der Waals surface area contributed by atoms with Gasteiger partial charge in [0.15, 0.2) is 5.82 Å². The fourth-order valence-corrected chi connectivity index (χ4v) is 3.07. The second-order valence-corrected chi connectivity index (χ2v) is 6.50. The molecule has 4 rings (SSSR count). The molecule has 1 aromatic heterocycles. The van der Waals surface area contributed by atoms with Gasteiger partial charge in [-0.3, -0.25) is 9.59 Å². The highest BCUT2D eigenvalue weighted by molar-refractivity contribution is 6.11. The highest BCUT2D eigenvalue weighted by Crippen LogP contribution is 2.29. The summed E-state index contributed by atoms with van der Waals surface area (Å²) in [6, 6.07) is 9.58. The zero-order valence-electron chi connectivity index (χ0n) is 14.7. The molecule has 134 valence electrons. The van der Waals surface area contributed by atoms with Gasteiger partial charge in [-0.05, 0) is 19.1 Å². The van der Waals surface area contributed by atoms with Crippen LogP contribution in [-0.2, 0) is 9.59 Å². The molecule has 3 heterocycles. The highest BCUT2D eigenvalue weighted by atomic mass is 16.2. The second kappa shape index (κ2) is 6.60. The van der Waals surface area contributed by atoms with E-state index in [9.17, 15) is 9.59 Å². The summed E-state index contributed by atoms with van der Waals surface area (Å²) in [6.45, 7) is 1.72. The number of allylic oxidation sites excluding steroid dienone is 2. The molecular weight excluding hydrogens is 342 g/mol. The number of amides is 2. The summed E-state index contributed by atoms with van der Waals surface area (Å²) < 4.78 is 0. The van der Waals surface area contributed by atoms with Gasteiger partial charge in [-0.1, -0.05) is 36.4 Å². The molecule has 0 fully saturated rings. The van der Waals surface area contributed by atoms with Gasteiger partial charge in [-0.25, -0.2) is 9.97 Å². The van der Waals surface area contributed by atoms with Crippen molar-refractivity contribution in [3.05, 3.63) is 67.2 Å². The molecular formula is C20H17N5O2. The van der Waals surface area contributed by atoms with Crippen LogP contribution in [0.5, 0.6) is 0 Å². The van der Waals surface area contributed by atoms with Crippen LogP contribution in [0.15, 0.2) is 72.1 Å². The summed E-state index contributed by atoms with van der Waals surface area (Å²) in [5.74, 6) is 0.391. The van der Waals surface area contributed by atoms with Crippen molar-refractivity contribution in [2.24, 2.45) is 4.99 Å². The molecule has 2 aliphatic heterocycles. The fraction of sp³-hybridized carbons (Fsp3) is 0.150. The molecule has 0 aliphatic carbocycles. The lowest BCUT2D eigenvalue weighted by Crippen LogP contribution is -2.58. The molecule has 0 bridgehead atoms. The first-order valence-corrected chi connectivity index (χ1v) is 8.51.